The molecule has 0 aliphatic carbocycles. The van der Waals surface area contributed by atoms with Gasteiger partial charge in [-0.2, -0.15) is 5.26 Å². The molecule has 0 aliphatic heterocycles. The summed E-state index contributed by atoms with van der Waals surface area (Å²) >= 11 is 0. The van der Waals surface area contributed by atoms with Gasteiger partial charge in [0.05, 0.1) is 5.52 Å². The molecule has 0 N–H and O–H groups in total. The van der Waals surface area contributed by atoms with Crippen LogP contribution in [0, 0.1) is 11.3 Å². The van der Waals surface area contributed by atoms with Crippen molar-refractivity contribution in [1.82, 2.24) is 9.13 Å². The van der Waals surface area contributed by atoms with Gasteiger partial charge in [0, 0.05) is 37.4 Å². The molecule has 0 aliphatic rings. The number of fused-ring (bicyclic) bond motifs is 1. The Morgan fingerprint density at radius 3 is 2.68 bits per heavy atom. The van der Waals surface area contributed by atoms with Crippen LogP contribution in [0.2, 0.25) is 0 Å². The zero-order valence-corrected chi connectivity index (χ0v) is 12.0. The lowest BCUT2D eigenvalue weighted by Crippen LogP contribution is -2.17. The van der Waals surface area contributed by atoms with E-state index < -0.39 is 0 Å². The smallest absolute Gasteiger partial charge is 0.250 e. The molecule has 3 aromatic rings. The summed E-state index contributed by atoms with van der Waals surface area (Å²) in [6, 6.07) is 12.5. The van der Waals surface area contributed by atoms with Gasteiger partial charge in [-0.15, -0.1) is 0 Å². The van der Waals surface area contributed by atoms with Crippen LogP contribution < -0.4 is 11.0 Å². The first-order valence-corrected chi connectivity index (χ1v) is 6.78. The molecule has 0 saturated heterocycles. The maximum atomic E-state index is 12.2. The van der Waals surface area contributed by atoms with E-state index in [1.807, 2.05) is 28.8 Å². The fraction of sp³-hybridized carbons (Fsp3) is 0.118. The number of hydrogen-bond acceptors (Lipinski definition) is 3. The van der Waals surface area contributed by atoms with Crippen molar-refractivity contribution >= 4 is 10.9 Å². The number of nitriles is 1. The number of pyridine rings is 2. The highest BCUT2D eigenvalue weighted by Gasteiger charge is 2.08. The Labute approximate surface area is 126 Å². The summed E-state index contributed by atoms with van der Waals surface area (Å²) in [6.07, 6.45) is 3.25. The predicted octanol–water partition coefficient (Wildman–Crippen LogP) is 1.62. The second-order valence-corrected chi connectivity index (χ2v) is 5.11. The van der Waals surface area contributed by atoms with Crippen molar-refractivity contribution in [3.8, 4) is 6.07 Å². The first-order chi connectivity index (χ1) is 10.6. The van der Waals surface area contributed by atoms with E-state index in [1.54, 1.807) is 37.6 Å². The SMILES string of the molecule is Cn1ccc(Cn2cc(C#N)c(=O)c3ccccc32)cc1=O. The topological polar surface area (TPSA) is 67.8 Å². The Hall–Kier alpha value is -3.13. The van der Waals surface area contributed by atoms with E-state index in [2.05, 4.69) is 0 Å². The molecule has 5 nitrogen and oxygen atoms in total. The van der Waals surface area contributed by atoms with Crippen molar-refractivity contribution in [3.05, 3.63) is 80.5 Å². The van der Waals surface area contributed by atoms with E-state index in [1.165, 1.54) is 4.57 Å². The molecule has 0 atom stereocenters. The lowest BCUT2D eigenvalue weighted by atomic mass is 10.1. The third-order valence-corrected chi connectivity index (χ3v) is 3.63. The number of rotatable bonds is 2. The minimum atomic E-state index is -0.265. The van der Waals surface area contributed by atoms with Gasteiger partial charge in [-0.3, -0.25) is 9.59 Å². The van der Waals surface area contributed by atoms with Crippen LogP contribution in [0.25, 0.3) is 10.9 Å². The molecule has 0 fully saturated rings. The maximum Gasteiger partial charge on any atom is 0.250 e. The van der Waals surface area contributed by atoms with Crippen molar-refractivity contribution < 1.29 is 0 Å². The molecule has 0 radical (unpaired) electrons. The summed E-state index contributed by atoms with van der Waals surface area (Å²) in [6.45, 7) is 0.422. The van der Waals surface area contributed by atoms with E-state index >= 15 is 0 Å². The fourth-order valence-electron chi connectivity index (χ4n) is 2.44. The van der Waals surface area contributed by atoms with Crippen LogP contribution >= 0.6 is 0 Å². The molecule has 0 spiro atoms. The molecule has 2 heterocycles. The van der Waals surface area contributed by atoms with Crippen LogP contribution in [-0.2, 0) is 13.6 Å². The summed E-state index contributed by atoms with van der Waals surface area (Å²) in [7, 11) is 1.69. The average molecular weight is 291 g/mol. The van der Waals surface area contributed by atoms with Gasteiger partial charge in [-0.1, -0.05) is 12.1 Å². The van der Waals surface area contributed by atoms with E-state index in [0.717, 1.165) is 11.1 Å². The van der Waals surface area contributed by atoms with Gasteiger partial charge in [0.15, 0.2) is 0 Å². The minimum absolute atomic E-state index is 0.0941. The van der Waals surface area contributed by atoms with Crippen LogP contribution in [0.1, 0.15) is 11.1 Å². The Morgan fingerprint density at radius 2 is 1.95 bits per heavy atom. The molecular formula is C17H13N3O2. The second kappa shape index (κ2) is 5.34. The Balaban J connectivity index is 2.20. The Kier molecular flexibility index (Phi) is 3.36. The molecule has 0 unspecified atom stereocenters. The molecule has 0 bridgehead atoms. The molecule has 22 heavy (non-hydrogen) atoms. The standard InChI is InChI=1S/C17H13N3O2/c1-19-7-6-12(8-16(19)21)10-20-11-13(9-18)17(22)14-4-2-3-5-15(14)20/h2-8,11H,10H2,1H3. The summed E-state index contributed by atoms with van der Waals surface area (Å²) in [5.74, 6) is 0. The molecule has 5 heteroatoms. The van der Waals surface area contributed by atoms with Crippen LogP contribution in [0.3, 0.4) is 0 Å². The molecular weight excluding hydrogens is 278 g/mol. The second-order valence-electron chi connectivity index (χ2n) is 5.11. The molecule has 3 rings (SSSR count). The zero-order valence-electron chi connectivity index (χ0n) is 12.0. The number of aromatic nitrogens is 2. The van der Waals surface area contributed by atoms with E-state index in [9.17, 15) is 9.59 Å². The van der Waals surface area contributed by atoms with Crippen molar-refractivity contribution in [2.45, 2.75) is 6.54 Å². The van der Waals surface area contributed by atoms with Gasteiger partial charge >= 0.3 is 0 Å². The van der Waals surface area contributed by atoms with Gasteiger partial charge < -0.3 is 9.13 Å². The van der Waals surface area contributed by atoms with Crippen LogP contribution in [-0.4, -0.2) is 9.13 Å². The number of para-hydroxylation sites is 1. The molecule has 2 aromatic heterocycles. The molecule has 1 aromatic carbocycles. The lowest BCUT2D eigenvalue weighted by molar-refractivity contribution is 0.797. The number of aryl methyl sites for hydroxylation is 1. The molecule has 0 saturated carbocycles. The minimum Gasteiger partial charge on any atom is -0.341 e. The van der Waals surface area contributed by atoms with Gasteiger partial charge in [0.1, 0.15) is 11.6 Å². The van der Waals surface area contributed by atoms with Gasteiger partial charge in [0.25, 0.3) is 5.56 Å². The summed E-state index contributed by atoms with van der Waals surface area (Å²) < 4.78 is 3.32. The third-order valence-electron chi connectivity index (χ3n) is 3.63. The van der Waals surface area contributed by atoms with Gasteiger partial charge in [-0.05, 0) is 23.8 Å². The molecule has 108 valence electrons. The lowest BCUT2D eigenvalue weighted by Gasteiger charge is -2.12. The number of nitrogens with zero attached hydrogens (tertiary/aromatic N) is 3. The van der Waals surface area contributed by atoms with Gasteiger partial charge in [0.2, 0.25) is 5.43 Å². The largest absolute Gasteiger partial charge is 0.341 e. The summed E-state index contributed by atoms with van der Waals surface area (Å²) in [5.41, 5.74) is 1.30. The monoisotopic (exact) mass is 291 g/mol. The first-order valence-electron chi connectivity index (χ1n) is 6.78. The maximum absolute atomic E-state index is 12.2. The highest BCUT2D eigenvalue weighted by Crippen LogP contribution is 2.13. The van der Waals surface area contributed by atoms with Crippen LogP contribution in [0.4, 0.5) is 0 Å². The summed E-state index contributed by atoms with van der Waals surface area (Å²) in [4.78, 5) is 23.9. The quantitative estimate of drug-likeness (QED) is 0.720. The highest BCUT2D eigenvalue weighted by molar-refractivity contribution is 5.80. The summed E-state index contributed by atoms with van der Waals surface area (Å²) in [5, 5.41) is 9.64. The Morgan fingerprint density at radius 1 is 1.18 bits per heavy atom. The predicted molar refractivity (Wildman–Crippen MR) is 83.7 cm³/mol. The highest BCUT2D eigenvalue weighted by atomic mass is 16.1. The number of benzene rings is 1. The third kappa shape index (κ3) is 2.31. The van der Waals surface area contributed by atoms with Crippen molar-refractivity contribution in [2.24, 2.45) is 7.05 Å². The molecule has 0 amide bonds. The van der Waals surface area contributed by atoms with E-state index in [0.29, 0.717) is 11.9 Å². The van der Waals surface area contributed by atoms with E-state index in [-0.39, 0.29) is 16.6 Å². The van der Waals surface area contributed by atoms with Crippen LogP contribution in [0.5, 0.6) is 0 Å². The van der Waals surface area contributed by atoms with Crippen molar-refractivity contribution in [1.29, 1.82) is 5.26 Å². The Bertz CT molecular complexity index is 1020. The van der Waals surface area contributed by atoms with Gasteiger partial charge in [-0.25, -0.2) is 0 Å². The van der Waals surface area contributed by atoms with Crippen molar-refractivity contribution in [3.63, 3.8) is 0 Å². The first kappa shape index (κ1) is 13.8. The average Bonchev–Trinajstić information content (AvgIpc) is 2.53. The van der Waals surface area contributed by atoms with E-state index in [4.69, 9.17) is 5.26 Å². The van der Waals surface area contributed by atoms with Crippen molar-refractivity contribution in [2.75, 3.05) is 0 Å². The fourth-order valence-corrected chi connectivity index (χ4v) is 2.44. The number of hydrogen-bond donors (Lipinski definition) is 0. The zero-order chi connectivity index (χ0) is 15.7. The normalized spacial score (nSPS) is 10.5. The van der Waals surface area contributed by atoms with Crippen LogP contribution in [0.15, 0.2) is 58.4 Å².